The molecule has 1 saturated heterocycles. The average Bonchev–Trinajstić information content (AvgIpc) is 2.78. The van der Waals surface area contributed by atoms with Crippen LogP contribution in [0.5, 0.6) is 0 Å². The van der Waals surface area contributed by atoms with E-state index in [1.165, 1.54) is 12.8 Å². The van der Waals surface area contributed by atoms with Gasteiger partial charge < -0.3 is 15.2 Å². The maximum Gasteiger partial charge on any atom is 0.268 e. The van der Waals surface area contributed by atoms with Crippen LogP contribution in [0.4, 0.5) is 0 Å². The van der Waals surface area contributed by atoms with Gasteiger partial charge in [0.15, 0.2) is 0 Å². The average molecular weight is 356 g/mol. The zero-order valence-electron chi connectivity index (χ0n) is 13.2. The predicted octanol–water partition coefficient (Wildman–Crippen LogP) is 3.17. The maximum absolute atomic E-state index is 12.4. The summed E-state index contributed by atoms with van der Waals surface area (Å²) in [6, 6.07) is 2.23. The summed E-state index contributed by atoms with van der Waals surface area (Å²) in [5.41, 5.74) is 0.967. The molecule has 0 aromatic carbocycles. The Labute approximate surface area is 135 Å². The minimum Gasteiger partial charge on any atom is -0.349 e. The Morgan fingerprint density at radius 2 is 2.33 bits per heavy atom. The van der Waals surface area contributed by atoms with Crippen molar-refractivity contribution in [3.05, 3.63) is 22.4 Å². The lowest BCUT2D eigenvalue weighted by atomic mass is 9.77. The molecule has 5 heteroatoms. The second-order valence-electron chi connectivity index (χ2n) is 6.55. The number of rotatable bonds is 5. The van der Waals surface area contributed by atoms with Gasteiger partial charge in [-0.05, 0) is 53.2 Å². The SMILES string of the molecule is CCCn1cc(Br)cc1C(=O)NCC1NCCCC1(C)C. The van der Waals surface area contributed by atoms with Crippen LogP contribution in [0.15, 0.2) is 16.7 Å². The number of aryl methyl sites for hydroxylation is 1. The highest BCUT2D eigenvalue weighted by atomic mass is 79.9. The molecule has 1 fully saturated rings. The van der Waals surface area contributed by atoms with Crippen molar-refractivity contribution in [1.82, 2.24) is 15.2 Å². The summed E-state index contributed by atoms with van der Waals surface area (Å²) in [5.74, 6) is 0.0114. The largest absolute Gasteiger partial charge is 0.349 e. The second-order valence-corrected chi connectivity index (χ2v) is 7.46. The van der Waals surface area contributed by atoms with Crippen LogP contribution >= 0.6 is 15.9 Å². The first kappa shape index (κ1) is 16.6. The van der Waals surface area contributed by atoms with E-state index in [4.69, 9.17) is 0 Å². The van der Waals surface area contributed by atoms with Crippen LogP contribution in [0, 0.1) is 5.41 Å². The number of carbonyl (C=O) groups is 1. The van der Waals surface area contributed by atoms with E-state index in [-0.39, 0.29) is 11.3 Å². The fourth-order valence-corrected chi connectivity index (χ4v) is 3.46. The molecule has 1 aromatic heterocycles. The van der Waals surface area contributed by atoms with Crippen molar-refractivity contribution in [2.45, 2.75) is 52.6 Å². The molecule has 1 aliphatic rings. The van der Waals surface area contributed by atoms with Gasteiger partial charge in [0.05, 0.1) is 0 Å². The number of halogens is 1. The van der Waals surface area contributed by atoms with Crippen molar-refractivity contribution < 1.29 is 4.79 Å². The third-order valence-corrected chi connectivity index (χ3v) is 4.79. The van der Waals surface area contributed by atoms with Gasteiger partial charge in [0, 0.05) is 29.8 Å². The number of aromatic nitrogens is 1. The number of nitrogens with one attached hydrogen (secondary N) is 2. The van der Waals surface area contributed by atoms with Crippen molar-refractivity contribution in [2.24, 2.45) is 5.41 Å². The molecule has 0 aliphatic carbocycles. The highest BCUT2D eigenvalue weighted by Gasteiger charge is 2.32. The van der Waals surface area contributed by atoms with Crippen molar-refractivity contribution in [1.29, 1.82) is 0 Å². The molecule has 1 aliphatic heterocycles. The van der Waals surface area contributed by atoms with Gasteiger partial charge in [-0.1, -0.05) is 20.8 Å². The van der Waals surface area contributed by atoms with Crippen molar-refractivity contribution in [3.8, 4) is 0 Å². The first-order valence-corrected chi connectivity index (χ1v) is 8.60. The van der Waals surface area contributed by atoms with Gasteiger partial charge in [0.1, 0.15) is 5.69 Å². The van der Waals surface area contributed by atoms with E-state index in [1.807, 2.05) is 16.8 Å². The van der Waals surface area contributed by atoms with Crippen molar-refractivity contribution in [2.75, 3.05) is 13.1 Å². The standard InChI is InChI=1S/C16H26BrN3O/c1-4-8-20-11-12(17)9-13(20)15(21)19-10-14-16(2,3)6-5-7-18-14/h9,11,14,18H,4-8,10H2,1-3H3,(H,19,21). The predicted molar refractivity (Wildman–Crippen MR) is 89.6 cm³/mol. The molecule has 1 amide bonds. The van der Waals surface area contributed by atoms with Crippen LogP contribution in [0.3, 0.4) is 0 Å². The van der Waals surface area contributed by atoms with Gasteiger partial charge in [-0.25, -0.2) is 0 Å². The molecule has 0 saturated carbocycles. The van der Waals surface area contributed by atoms with Crippen LogP contribution in [-0.2, 0) is 6.54 Å². The minimum absolute atomic E-state index is 0.0114. The topological polar surface area (TPSA) is 46.1 Å². The minimum atomic E-state index is 0.0114. The Hall–Kier alpha value is -0.810. The van der Waals surface area contributed by atoms with E-state index in [2.05, 4.69) is 47.3 Å². The Bertz CT molecular complexity index is 496. The normalized spacial score (nSPS) is 21.2. The molecule has 0 spiro atoms. The van der Waals surface area contributed by atoms with Crippen LogP contribution in [0.1, 0.15) is 50.5 Å². The number of carbonyl (C=O) groups excluding carboxylic acids is 1. The summed E-state index contributed by atoms with van der Waals surface area (Å²) in [6.07, 6.45) is 5.40. The molecule has 0 bridgehead atoms. The molecule has 2 heterocycles. The molecule has 1 aromatic rings. The summed E-state index contributed by atoms with van der Waals surface area (Å²) >= 11 is 3.45. The monoisotopic (exact) mass is 355 g/mol. The second kappa shape index (κ2) is 6.97. The number of hydrogen-bond acceptors (Lipinski definition) is 2. The molecular formula is C16H26BrN3O. The van der Waals surface area contributed by atoms with E-state index in [0.717, 1.165) is 29.7 Å². The number of hydrogen-bond donors (Lipinski definition) is 2. The maximum atomic E-state index is 12.4. The molecule has 2 rings (SSSR count). The highest BCUT2D eigenvalue weighted by molar-refractivity contribution is 9.10. The van der Waals surface area contributed by atoms with Gasteiger partial charge in [0.25, 0.3) is 5.91 Å². The number of amides is 1. The summed E-state index contributed by atoms with van der Waals surface area (Å²) in [5, 5.41) is 6.62. The van der Waals surface area contributed by atoms with Crippen LogP contribution in [-0.4, -0.2) is 29.6 Å². The Morgan fingerprint density at radius 1 is 1.57 bits per heavy atom. The Morgan fingerprint density at radius 3 is 3.00 bits per heavy atom. The van der Waals surface area contributed by atoms with Crippen molar-refractivity contribution in [3.63, 3.8) is 0 Å². The molecule has 4 nitrogen and oxygen atoms in total. The lowest BCUT2D eigenvalue weighted by molar-refractivity contribution is 0.0919. The zero-order chi connectivity index (χ0) is 15.5. The molecule has 0 radical (unpaired) electrons. The van der Waals surface area contributed by atoms with Crippen LogP contribution in [0.25, 0.3) is 0 Å². The quantitative estimate of drug-likeness (QED) is 0.851. The van der Waals surface area contributed by atoms with Gasteiger partial charge in [0.2, 0.25) is 0 Å². The highest BCUT2D eigenvalue weighted by Crippen LogP contribution is 2.29. The molecule has 118 valence electrons. The smallest absolute Gasteiger partial charge is 0.268 e. The van der Waals surface area contributed by atoms with Crippen LogP contribution < -0.4 is 10.6 Å². The van der Waals surface area contributed by atoms with E-state index in [0.29, 0.717) is 12.6 Å². The van der Waals surface area contributed by atoms with Gasteiger partial charge >= 0.3 is 0 Å². The Balaban J connectivity index is 1.98. The number of piperidine rings is 1. The molecule has 1 unspecified atom stereocenters. The molecule has 1 atom stereocenters. The van der Waals surface area contributed by atoms with Gasteiger partial charge in [-0.15, -0.1) is 0 Å². The third kappa shape index (κ3) is 4.10. The summed E-state index contributed by atoms with van der Waals surface area (Å²) in [7, 11) is 0. The van der Waals surface area contributed by atoms with E-state index >= 15 is 0 Å². The van der Waals surface area contributed by atoms with E-state index in [9.17, 15) is 4.79 Å². The van der Waals surface area contributed by atoms with E-state index in [1.54, 1.807) is 0 Å². The first-order chi connectivity index (χ1) is 9.94. The molecule has 21 heavy (non-hydrogen) atoms. The summed E-state index contributed by atoms with van der Waals surface area (Å²) in [6.45, 7) is 9.24. The van der Waals surface area contributed by atoms with Gasteiger partial charge in [-0.3, -0.25) is 4.79 Å². The fourth-order valence-electron chi connectivity index (χ4n) is 3.00. The zero-order valence-corrected chi connectivity index (χ0v) is 14.8. The first-order valence-electron chi connectivity index (χ1n) is 7.81. The molecular weight excluding hydrogens is 330 g/mol. The summed E-state index contributed by atoms with van der Waals surface area (Å²) < 4.78 is 2.97. The van der Waals surface area contributed by atoms with Gasteiger partial charge in [-0.2, -0.15) is 0 Å². The fraction of sp³-hybridized carbons (Fsp3) is 0.688. The number of nitrogens with zero attached hydrogens (tertiary/aromatic N) is 1. The summed E-state index contributed by atoms with van der Waals surface area (Å²) in [4.78, 5) is 12.4. The van der Waals surface area contributed by atoms with Crippen molar-refractivity contribution >= 4 is 21.8 Å². The lowest BCUT2D eigenvalue weighted by Gasteiger charge is -2.39. The van der Waals surface area contributed by atoms with Crippen LogP contribution in [0.2, 0.25) is 0 Å². The van der Waals surface area contributed by atoms with E-state index < -0.39 is 0 Å². The Kier molecular flexibility index (Phi) is 5.49. The third-order valence-electron chi connectivity index (χ3n) is 4.36. The molecule has 2 N–H and O–H groups in total. The lowest BCUT2D eigenvalue weighted by Crippen LogP contribution is -2.52.